The van der Waals surface area contributed by atoms with Gasteiger partial charge in [0.05, 0.1) is 12.6 Å². The number of aliphatic hydroxyl groups is 1. The van der Waals surface area contributed by atoms with E-state index in [2.05, 4.69) is 58.8 Å². The molecule has 9 nitrogen and oxygen atoms in total. The van der Waals surface area contributed by atoms with Gasteiger partial charge in [-0.3, -0.25) is 14.4 Å². The van der Waals surface area contributed by atoms with Crippen LogP contribution in [0.5, 0.6) is 0 Å². The van der Waals surface area contributed by atoms with Gasteiger partial charge in [0.15, 0.2) is 6.10 Å². The molecule has 1 saturated carbocycles. The predicted octanol–water partition coefficient (Wildman–Crippen LogP) is 3.00. The van der Waals surface area contributed by atoms with Gasteiger partial charge in [0.2, 0.25) is 6.41 Å². The summed E-state index contributed by atoms with van der Waals surface area (Å²) in [5.74, 6) is 0.870. The SMILES string of the molecule is CC(C)C.CC(C)C1CC(C)N(C)C1.O=CCNC(=O)C(F)(F)F.O=CNC(CC1CC1)C(O)C(=O)N1CCC1. The highest BCUT2D eigenvalue weighted by molar-refractivity contribution is 5.83. The van der Waals surface area contributed by atoms with Crippen molar-refractivity contribution in [1.82, 2.24) is 20.4 Å². The molecule has 0 aromatic heterocycles. The van der Waals surface area contributed by atoms with Crippen molar-refractivity contribution in [2.75, 3.05) is 33.2 Å². The van der Waals surface area contributed by atoms with Gasteiger partial charge >= 0.3 is 12.1 Å². The van der Waals surface area contributed by atoms with Crippen LogP contribution in [0.25, 0.3) is 0 Å². The van der Waals surface area contributed by atoms with E-state index >= 15 is 0 Å². The van der Waals surface area contributed by atoms with Gasteiger partial charge in [-0.2, -0.15) is 13.2 Å². The van der Waals surface area contributed by atoms with Crippen molar-refractivity contribution >= 4 is 24.5 Å². The Bertz CT molecular complexity index is 746. The van der Waals surface area contributed by atoms with Gasteiger partial charge in [0.1, 0.15) is 6.29 Å². The molecule has 0 spiro atoms. The molecule has 40 heavy (non-hydrogen) atoms. The minimum Gasteiger partial charge on any atom is -0.381 e. The Kier molecular flexibility index (Phi) is 18.0. The second kappa shape index (κ2) is 19.0. The van der Waals surface area contributed by atoms with E-state index in [1.165, 1.54) is 18.3 Å². The molecule has 0 aromatic carbocycles. The molecule has 3 fully saturated rings. The number of hydrogen-bond donors (Lipinski definition) is 3. The lowest BCUT2D eigenvalue weighted by molar-refractivity contribution is -0.173. The van der Waals surface area contributed by atoms with Gasteiger partial charge in [-0.15, -0.1) is 0 Å². The van der Waals surface area contributed by atoms with Crippen molar-refractivity contribution < 1.29 is 37.5 Å². The third-order valence-electron chi connectivity index (χ3n) is 6.83. The van der Waals surface area contributed by atoms with Crippen LogP contribution >= 0.6 is 0 Å². The Hall–Kier alpha value is -2.21. The lowest BCUT2D eigenvalue weighted by atomic mass is 9.94. The van der Waals surface area contributed by atoms with Crippen LogP contribution in [-0.2, 0) is 19.2 Å². The van der Waals surface area contributed by atoms with Gasteiger partial charge in [-0.25, -0.2) is 0 Å². The summed E-state index contributed by atoms with van der Waals surface area (Å²) < 4.78 is 33.7. The second-order valence-corrected chi connectivity index (χ2v) is 11.8. The zero-order valence-corrected chi connectivity index (χ0v) is 25.2. The molecule has 3 aliphatic rings. The molecule has 0 aromatic rings. The van der Waals surface area contributed by atoms with Crippen LogP contribution in [0.15, 0.2) is 0 Å². The van der Waals surface area contributed by atoms with Crippen LogP contribution in [0, 0.1) is 23.7 Å². The lowest BCUT2D eigenvalue weighted by Gasteiger charge is -2.34. The van der Waals surface area contributed by atoms with E-state index in [4.69, 9.17) is 0 Å². The van der Waals surface area contributed by atoms with Crippen molar-refractivity contribution in [3.8, 4) is 0 Å². The zero-order valence-electron chi connectivity index (χ0n) is 25.2. The molecule has 0 bridgehead atoms. The maximum absolute atomic E-state index is 11.8. The topological polar surface area (TPSA) is 119 Å². The van der Waals surface area contributed by atoms with Crippen molar-refractivity contribution in [1.29, 1.82) is 0 Å². The van der Waals surface area contributed by atoms with Crippen LogP contribution in [0.3, 0.4) is 0 Å². The molecule has 3 amide bonds. The number of alkyl halides is 3. The number of rotatable bonds is 9. The van der Waals surface area contributed by atoms with E-state index in [1.807, 2.05) is 0 Å². The van der Waals surface area contributed by atoms with E-state index < -0.39 is 30.8 Å². The van der Waals surface area contributed by atoms with E-state index in [0.717, 1.165) is 56.1 Å². The van der Waals surface area contributed by atoms with Crippen molar-refractivity contribution in [2.45, 2.75) is 98.0 Å². The molecule has 12 heteroatoms. The standard InChI is InChI=1S/C11H18N2O3.C9H19N.C4H4F3NO2.C4H10/c14-7-12-9(6-8-2-3-8)10(15)11(16)13-4-1-5-13;1-7(2)9-5-8(3)10(4)6-9;5-4(6,7)3(10)8-1-2-9;1-4(2)3/h7-10,15H,1-6H2,(H,12,14);7-9H,5-6H2,1-4H3;2H,1H2,(H,8,10);4H,1-3H3. The first kappa shape index (κ1) is 37.8. The van der Waals surface area contributed by atoms with Gasteiger partial charge in [-0.1, -0.05) is 47.5 Å². The summed E-state index contributed by atoms with van der Waals surface area (Å²) >= 11 is 0. The molecule has 2 heterocycles. The summed E-state index contributed by atoms with van der Waals surface area (Å²) in [6.07, 6.45) is 0.155. The summed E-state index contributed by atoms with van der Waals surface area (Å²) in [5, 5.41) is 13.8. The van der Waals surface area contributed by atoms with Crippen LogP contribution in [-0.4, -0.2) is 97.0 Å². The Balaban J connectivity index is 0.000000556. The largest absolute Gasteiger partial charge is 0.471 e. The van der Waals surface area contributed by atoms with Gasteiger partial charge < -0.3 is 30.3 Å². The van der Waals surface area contributed by atoms with Crippen LogP contribution in [0.4, 0.5) is 13.2 Å². The second-order valence-electron chi connectivity index (χ2n) is 11.8. The van der Waals surface area contributed by atoms with E-state index in [0.29, 0.717) is 18.7 Å². The summed E-state index contributed by atoms with van der Waals surface area (Å²) in [4.78, 5) is 45.6. The predicted molar refractivity (Wildman–Crippen MR) is 148 cm³/mol. The quantitative estimate of drug-likeness (QED) is 0.361. The molecular formula is C28H51F3N4O5. The molecule has 3 N–H and O–H groups in total. The monoisotopic (exact) mass is 580 g/mol. The molecule has 4 unspecified atom stereocenters. The number of hydrogen-bond acceptors (Lipinski definition) is 6. The Labute approximate surface area is 237 Å². The summed E-state index contributed by atoms with van der Waals surface area (Å²) in [7, 11) is 2.23. The fourth-order valence-corrected chi connectivity index (χ4v) is 3.94. The summed E-state index contributed by atoms with van der Waals surface area (Å²) in [6, 6.07) is 0.394. The molecule has 0 radical (unpaired) electrons. The number of carbonyl (C=O) groups excluding carboxylic acids is 4. The Morgan fingerprint density at radius 2 is 1.62 bits per heavy atom. The van der Waals surface area contributed by atoms with Crippen molar-refractivity contribution in [3.05, 3.63) is 0 Å². The zero-order chi connectivity index (χ0) is 31.0. The first-order chi connectivity index (χ1) is 18.5. The normalized spacial score (nSPS) is 21.8. The average Bonchev–Trinajstić information content (AvgIpc) is 3.57. The number of nitrogens with zero attached hydrogens (tertiary/aromatic N) is 2. The molecule has 234 valence electrons. The van der Waals surface area contributed by atoms with E-state index in [1.54, 1.807) is 4.90 Å². The molecule has 1 aliphatic carbocycles. The van der Waals surface area contributed by atoms with Crippen molar-refractivity contribution in [3.63, 3.8) is 0 Å². The molecule has 2 aliphatic heterocycles. The molecular weight excluding hydrogens is 529 g/mol. The highest BCUT2D eigenvalue weighted by atomic mass is 19.4. The Morgan fingerprint density at radius 1 is 1.07 bits per heavy atom. The van der Waals surface area contributed by atoms with Gasteiger partial charge in [0.25, 0.3) is 5.91 Å². The highest BCUT2D eigenvalue weighted by Crippen LogP contribution is 2.34. The number of nitrogens with one attached hydrogen (secondary N) is 2. The first-order valence-electron chi connectivity index (χ1n) is 14.2. The summed E-state index contributed by atoms with van der Waals surface area (Å²) in [5.41, 5.74) is 0. The molecule has 3 rings (SSSR count). The maximum atomic E-state index is 11.8. The number of amides is 3. The van der Waals surface area contributed by atoms with Gasteiger partial charge in [0, 0.05) is 25.7 Å². The average molecular weight is 581 g/mol. The minimum absolute atomic E-state index is 0.170. The minimum atomic E-state index is -4.90. The van der Waals surface area contributed by atoms with Crippen LogP contribution in [0.1, 0.15) is 73.6 Å². The molecule has 2 saturated heterocycles. The lowest BCUT2D eigenvalue weighted by Crippen LogP contribution is -2.53. The van der Waals surface area contributed by atoms with Crippen LogP contribution in [0.2, 0.25) is 0 Å². The van der Waals surface area contributed by atoms with Crippen molar-refractivity contribution in [2.24, 2.45) is 23.7 Å². The van der Waals surface area contributed by atoms with E-state index in [-0.39, 0.29) is 12.2 Å². The highest BCUT2D eigenvalue weighted by Gasteiger charge is 2.38. The smallest absolute Gasteiger partial charge is 0.381 e. The van der Waals surface area contributed by atoms with Gasteiger partial charge in [-0.05, 0) is 56.9 Å². The fourth-order valence-electron chi connectivity index (χ4n) is 3.94. The van der Waals surface area contributed by atoms with E-state index in [9.17, 15) is 37.5 Å². The number of aldehydes is 1. The molecule has 4 atom stereocenters. The third kappa shape index (κ3) is 16.2. The number of likely N-dealkylation sites (tertiary alicyclic amines) is 2. The van der Waals surface area contributed by atoms with Crippen LogP contribution < -0.4 is 10.6 Å². The Morgan fingerprint density at radius 3 is 1.93 bits per heavy atom. The third-order valence-corrected chi connectivity index (χ3v) is 6.83. The first-order valence-corrected chi connectivity index (χ1v) is 14.2. The fraction of sp³-hybridized carbons (Fsp3) is 0.857. The number of halogens is 3. The maximum Gasteiger partial charge on any atom is 0.471 e. The number of carbonyl (C=O) groups is 4. The summed E-state index contributed by atoms with van der Waals surface area (Å²) in [6.45, 7) is 15.6. The number of aliphatic hydroxyl groups excluding tert-OH is 1.